The molecule has 1 aliphatic heterocycles. The van der Waals surface area contributed by atoms with Crippen LogP contribution in [0, 0.1) is 17.8 Å². The number of anilines is 1. The van der Waals surface area contributed by atoms with Gasteiger partial charge >= 0.3 is 0 Å². The summed E-state index contributed by atoms with van der Waals surface area (Å²) in [7, 11) is 0. The van der Waals surface area contributed by atoms with E-state index in [1.807, 2.05) is 12.1 Å². The number of amides is 2. The van der Waals surface area contributed by atoms with Gasteiger partial charge in [-0.3, -0.25) is 9.59 Å². The molecule has 2 saturated carbocycles. The Hall–Kier alpha value is -1.88. The van der Waals surface area contributed by atoms with Crippen LogP contribution in [0.5, 0.6) is 0 Å². The third-order valence-corrected chi connectivity index (χ3v) is 6.11. The number of likely N-dealkylation sites (tertiary alicyclic amines) is 1. The Balaban J connectivity index is 1.34. The van der Waals surface area contributed by atoms with Gasteiger partial charge in [0, 0.05) is 30.3 Å². The number of rotatable bonds is 3. The predicted molar refractivity (Wildman–Crippen MR) is 95.2 cm³/mol. The normalized spacial score (nSPS) is 29.0. The van der Waals surface area contributed by atoms with E-state index in [0.29, 0.717) is 43.3 Å². The van der Waals surface area contributed by atoms with Gasteiger partial charge in [-0.25, -0.2) is 0 Å². The Morgan fingerprint density at radius 2 is 1.56 bits per heavy atom. The molecule has 1 aromatic rings. The average molecular weight is 342 g/mol. The number of hydrogen-bond donors (Lipinski definition) is 2. The molecule has 5 heteroatoms. The molecule has 0 radical (unpaired) electrons. The van der Waals surface area contributed by atoms with E-state index in [2.05, 4.69) is 5.32 Å². The summed E-state index contributed by atoms with van der Waals surface area (Å²) in [5.41, 5.74) is 1.40. The van der Waals surface area contributed by atoms with Gasteiger partial charge in [-0.15, -0.1) is 0 Å². The number of aliphatic hydroxyl groups is 1. The van der Waals surface area contributed by atoms with Gasteiger partial charge in [-0.2, -0.15) is 0 Å². The van der Waals surface area contributed by atoms with E-state index in [-0.39, 0.29) is 23.8 Å². The van der Waals surface area contributed by atoms with Crippen molar-refractivity contribution >= 4 is 17.5 Å². The summed E-state index contributed by atoms with van der Waals surface area (Å²) < 4.78 is 0. The fourth-order valence-corrected chi connectivity index (χ4v) is 4.55. The molecule has 1 saturated heterocycles. The Kier molecular flexibility index (Phi) is 4.50. The van der Waals surface area contributed by atoms with E-state index in [9.17, 15) is 14.7 Å². The molecule has 2 atom stereocenters. The van der Waals surface area contributed by atoms with Crippen molar-refractivity contribution in [2.75, 3.05) is 18.4 Å². The summed E-state index contributed by atoms with van der Waals surface area (Å²) >= 11 is 0. The zero-order valence-electron chi connectivity index (χ0n) is 14.5. The molecule has 2 amide bonds. The minimum Gasteiger partial charge on any atom is -0.393 e. The molecule has 0 spiro atoms. The lowest BCUT2D eigenvalue weighted by atomic mass is 10.0. The van der Waals surface area contributed by atoms with Crippen LogP contribution < -0.4 is 5.32 Å². The molecular formula is C20H26N2O3. The quantitative estimate of drug-likeness (QED) is 0.887. The standard InChI is InChI=1S/C20H26N2O3/c23-15-9-11-22(12-10-15)20(25)13-5-7-14(8-6-13)21-19(24)18-16-3-1-2-4-17(16)18/h5-8,15-18,23H,1-4,9-12H2,(H,21,24). The Labute approximate surface area is 148 Å². The van der Waals surface area contributed by atoms with Gasteiger partial charge in [-0.1, -0.05) is 12.8 Å². The number of carbonyl (C=O) groups excluding carboxylic acids is 2. The molecule has 2 aliphatic carbocycles. The van der Waals surface area contributed by atoms with Crippen LogP contribution in [0.2, 0.25) is 0 Å². The first-order valence-corrected chi connectivity index (χ1v) is 9.52. The minimum atomic E-state index is -0.284. The fraction of sp³-hybridized carbons (Fsp3) is 0.600. The summed E-state index contributed by atoms with van der Waals surface area (Å²) in [6.07, 6.45) is 5.91. The summed E-state index contributed by atoms with van der Waals surface area (Å²) in [6, 6.07) is 7.19. The van der Waals surface area contributed by atoms with Gasteiger partial charge in [0.25, 0.3) is 5.91 Å². The number of nitrogens with one attached hydrogen (secondary N) is 1. The highest BCUT2D eigenvalue weighted by molar-refractivity contribution is 5.97. The molecule has 134 valence electrons. The Morgan fingerprint density at radius 1 is 0.960 bits per heavy atom. The van der Waals surface area contributed by atoms with Crippen LogP contribution in [0.25, 0.3) is 0 Å². The highest BCUT2D eigenvalue weighted by Crippen LogP contribution is 2.55. The van der Waals surface area contributed by atoms with Crippen molar-refractivity contribution in [3.8, 4) is 0 Å². The molecule has 2 N–H and O–H groups in total. The summed E-state index contributed by atoms with van der Waals surface area (Å²) in [4.78, 5) is 26.7. The fourth-order valence-electron chi connectivity index (χ4n) is 4.55. The van der Waals surface area contributed by atoms with Gasteiger partial charge in [-0.05, 0) is 61.8 Å². The van der Waals surface area contributed by atoms with Crippen LogP contribution in [0.4, 0.5) is 5.69 Å². The molecule has 1 aromatic carbocycles. The third kappa shape index (κ3) is 3.43. The lowest BCUT2D eigenvalue weighted by Crippen LogP contribution is -2.40. The van der Waals surface area contributed by atoms with Crippen LogP contribution in [0.1, 0.15) is 48.9 Å². The monoisotopic (exact) mass is 342 g/mol. The highest BCUT2D eigenvalue weighted by Gasteiger charge is 2.54. The zero-order chi connectivity index (χ0) is 17.4. The topological polar surface area (TPSA) is 69.6 Å². The van der Waals surface area contributed by atoms with Crippen LogP contribution in [-0.4, -0.2) is 41.0 Å². The van der Waals surface area contributed by atoms with Crippen molar-refractivity contribution in [3.05, 3.63) is 29.8 Å². The second kappa shape index (κ2) is 6.79. The molecule has 0 bridgehead atoms. The van der Waals surface area contributed by atoms with Crippen LogP contribution in [0.15, 0.2) is 24.3 Å². The molecule has 0 aromatic heterocycles. The van der Waals surface area contributed by atoms with E-state index in [4.69, 9.17) is 0 Å². The first-order chi connectivity index (χ1) is 12.1. The number of fused-ring (bicyclic) bond motifs is 1. The zero-order valence-corrected chi connectivity index (χ0v) is 14.5. The van der Waals surface area contributed by atoms with Gasteiger partial charge in [0.15, 0.2) is 0 Å². The smallest absolute Gasteiger partial charge is 0.253 e. The molecule has 3 fully saturated rings. The summed E-state index contributed by atoms with van der Waals surface area (Å²) in [5.74, 6) is 1.54. The second-order valence-corrected chi connectivity index (χ2v) is 7.73. The van der Waals surface area contributed by atoms with Gasteiger partial charge in [0.05, 0.1) is 6.10 Å². The average Bonchev–Trinajstić information content (AvgIpc) is 3.37. The van der Waals surface area contributed by atoms with Crippen molar-refractivity contribution in [2.24, 2.45) is 17.8 Å². The highest BCUT2D eigenvalue weighted by atomic mass is 16.3. The first-order valence-electron chi connectivity index (χ1n) is 9.52. The van der Waals surface area contributed by atoms with E-state index in [0.717, 1.165) is 5.69 Å². The maximum Gasteiger partial charge on any atom is 0.253 e. The maximum atomic E-state index is 12.5. The Morgan fingerprint density at radius 3 is 2.16 bits per heavy atom. The van der Waals surface area contributed by atoms with Crippen molar-refractivity contribution < 1.29 is 14.7 Å². The summed E-state index contributed by atoms with van der Waals surface area (Å²) in [6.45, 7) is 1.20. The molecule has 3 aliphatic rings. The second-order valence-electron chi connectivity index (χ2n) is 7.73. The van der Waals surface area contributed by atoms with Crippen molar-refractivity contribution in [3.63, 3.8) is 0 Å². The van der Waals surface area contributed by atoms with E-state index >= 15 is 0 Å². The Bertz CT molecular complexity index is 637. The van der Waals surface area contributed by atoms with Crippen LogP contribution >= 0.6 is 0 Å². The number of carbonyl (C=O) groups is 2. The van der Waals surface area contributed by atoms with Gasteiger partial charge in [0.1, 0.15) is 0 Å². The van der Waals surface area contributed by atoms with E-state index in [1.54, 1.807) is 17.0 Å². The number of nitrogens with zero attached hydrogens (tertiary/aromatic N) is 1. The molecule has 1 heterocycles. The van der Waals surface area contributed by atoms with Crippen molar-refractivity contribution in [1.82, 2.24) is 4.90 Å². The maximum absolute atomic E-state index is 12.5. The molecule has 5 nitrogen and oxygen atoms in total. The third-order valence-electron chi connectivity index (χ3n) is 6.11. The van der Waals surface area contributed by atoms with Crippen molar-refractivity contribution in [2.45, 2.75) is 44.6 Å². The van der Waals surface area contributed by atoms with Crippen LogP contribution in [-0.2, 0) is 4.79 Å². The lowest BCUT2D eigenvalue weighted by molar-refractivity contribution is -0.117. The SMILES string of the molecule is O=C(Nc1ccc(C(=O)N2CCC(O)CC2)cc1)C1C2CCCCC21. The van der Waals surface area contributed by atoms with E-state index < -0.39 is 0 Å². The minimum absolute atomic E-state index is 0.00186. The van der Waals surface area contributed by atoms with Gasteiger partial charge < -0.3 is 15.3 Å². The number of aliphatic hydroxyl groups excluding tert-OH is 1. The molecule has 4 rings (SSSR count). The number of hydrogen-bond acceptors (Lipinski definition) is 3. The number of benzene rings is 1. The number of piperidine rings is 1. The van der Waals surface area contributed by atoms with Crippen molar-refractivity contribution in [1.29, 1.82) is 0 Å². The first kappa shape index (κ1) is 16.6. The van der Waals surface area contributed by atoms with E-state index in [1.165, 1.54) is 25.7 Å². The van der Waals surface area contributed by atoms with Crippen LogP contribution in [0.3, 0.4) is 0 Å². The largest absolute Gasteiger partial charge is 0.393 e. The molecule has 2 unspecified atom stereocenters. The van der Waals surface area contributed by atoms with Gasteiger partial charge in [0.2, 0.25) is 5.91 Å². The summed E-state index contributed by atoms with van der Waals surface area (Å²) in [5, 5.41) is 12.6. The lowest BCUT2D eigenvalue weighted by Gasteiger charge is -2.29. The molecular weight excluding hydrogens is 316 g/mol. The predicted octanol–water partition coefficient (Wildman–Crippen LogP) is 2.66. The molecule has 25 heavy (non-hydrogen) atoms.